The predicted molar refractivity (Wildman–Crippen MR) is 89.8 cm³/mol. The minimum Gasteiger partial charge on any atom is -0.507 e. The topological polar surface area (TPSA) is 162 Å². The molecule has 2 aromatic rings. The van der Waals surface area contributed by atoms with Crippen molar-refractivity contribution in [3.63, 3.8) is 0 Å². The molecule has 0 atom stereocenters. The number of phenols is 1. The first-order valence-electron chi connectivity index (χ1n) is 7.26. The molecule has 26 heavy (non-hydrogen) atoms. The lowest BCUT2D eigenvalue weighted by Crippen LogP contribution is -2.30. The molecule has 4 amide bonds. The van der Waals surface area contributed by atoms with Gasteiger partial charge >= 0.3 is 0 Å². The molecule has 0 bridgehead atoms. The molecule has 0 aliphatic rings. The summed E-state index contributed by atoms with van der Waals surface area (Å²) in [4.78, 5) is 46.7. The Labute approximate surface area is 147 Å². The summed E-state index contributed by atoms with van der Waals surface area (Å²) in [6.07, 6.45) is 0. The van der Waals surface area contributed by atoms with Crippen LogP contribution in [-0.4, -0.2) is 28.7 Å². The van der Waals surface area contributed by atoms with Crippen LogP contribution < -0.4 is 21.5 Å². The van der Waals surface area contributed by atoms with Gasteiger partial charge in [0.05, 0.1) is 16.7 Å². The lowest BCUT2D eigenvalue weighted by molar-refractivity contribution is -0.118. The van der Waals surface area contributed by atoms with Gasteiger partial charge in [0, 0.05) is 6.92 Å². The van der Waals surface area contributed by atoms with Gasteiger partial charge in [-0.15, -0.1) is 0 Å². The number of ether oxygens (including phenoxy) is 1. The fourth-order valence-corrected chi connectivity index (χ4v) is 2.23. The van der Waals surface area contributed by atoms with E-state index in [9.17, 15) is 24.3 Å². The molecule has 0 spiro atoms. The Balaban J connectivity index is 2.64. The highest BCUT2D eigenvalue weighted by Crippen LogP contribution is 2.34. The molecule has 0 aromatic heterocycles. The van der Waals surface area contributed by atoms with Gasteiger partial charge < -0.3 is 21.3 Å². The molecule has 0 aliphatic carbocycles. The van der Waals surface area contributed by atoms with Crippen LogP contribution in [0.1, 0.15) is 38.0 Å². The normalized spacial score (nSPS) is 10.0. The molecule has 0 saturated carbocycles. The van der Waals surface area contributed by atoms with Gasteiger partial charge in [-0.2, -0.15) is 0 Å². The third-order valence-electron chi connectivity index (χ3n) is 3.28. The molecule has 9 heteroatoms. The van der Waals surface area contributed by atoms with E-state index in [-0.39, 0.29) is 17.1 Å². The van der Waals surface area contributed by atoms with Crippen molar-refractivity contribution in [2.24, 2.45) is 11.5 Å². The molecular weight excluding hydrogens is 342 g/mol. The number of para-hydroxylation sites is 1. The lowest BCUT2D eigenvalue weighted by Gasteiger charge is -2.15. The lowest BCUT2D eigenvalue weighted by atomic mass is 10.0. The number of hydrogen-bond donors (Lipinski definition) is 4. The average molecular weight is 357 g/mol. The Morgan fingerprint density at radius 1 is 0.923 bits per heavy atom. The fraction of sp³-hybridized carbons (Fsp3) is 0.0588. The number of amides is 4. The number of primary amides is 2. The third-order valence-corrected chi connectivity index (χ3v) is 3.28. The van der Waals surface area contributed by atoms with Crippen LogP contribution in [0.5, 0.6) is 17.2 Å². The van der Waals surface area contributed by atoms with Gasteiger partial charge in [0.15, 0.2) is 0 Å². The zero-order valence-corrected chi connectivity index (χ0v) is 13.6. The van der Waals surface area contributed by atoms with E-state index in [0.29, 0.717) is 0 Å². The largest absolute Gasteiger partial charge is 0.507 e. The number of benzene rings is 2. The van der Waals surface area contributed by atoms with Crippen LogP contribution in [0.25, 0.3) is 0 Å². The molecule has 0 aliphatic heterocycles. The monoisotopic (exact) mass is 357 g/mol. The Hall–Kier alpha value is -3.88. The highest BCUT2D eigenvalue weighted by atomic mass is 16.5. The third kappa shape index (κ3) is 3.78. The number of aromatic hydroxyl groups is 1. The predicted octanol–water partition coefficient (Wildman–Crippen LogP) is 0.659. The second-order valence-corrected chi connectivity index (χ2v) is 5.17. The summed E-state index contributed by atoms with van der Waals surface area (Å²) in [6, 6.07) is 8.22. The number of carbonyl (C=O) groups is 4. The quantitative estimate of drug-likeness (QED) is 0.614. The first-order valence-corrected chi connectivity index (χ1v) is 7.26. The van der Waals surface area contributed by atoms with Crippen molar-refractivity contribution in [1.29, 1.82) is 0 Å². The van der Waals surface area contributed by atoms with Crippen molar-refractivity contribution in [3.05, 3.63) is 53.1 Å². The summed E-state index contributed by atoms with van der Waals surface area (Å²) in [5.74, 6) is -4.34. The zero-order chi connectivity index (χ0) is 19.4. The minimum atomic E-state index is -1.11. The van der Waals surface area contributed by atoms with E-state index < -0.39 is 40.5 Å². The van der Waals surface area contributed by atoms with E-state index in [1.807, 2.05) is 5.32 Å². The first kappa shape index (κ1) is 18.5. The zero-order valence-electron chi connectivity index (χ0n) is 13.6. The van der Waals surface area contributed by atoms with Gasteiger partial charge in [0.25, 0.3) is 17.7 Å². The Kier molecular flexibility index (Phi) is 5.21. The molecular formula is C17H15N3O6. The Morgan fingerprint density at radius 2 is 1.58 bits per heavy atom. The number of nitrogens with two attached hydrogens (primary N) is 2. The van der Waals surface area contributed by atoms with E-state index >= 15 is 0 Å². The number of nitrogens with one attached hydrogen (secondary N) is 1. The van der Waals surface area contributed by atoms with Crippen molar-refractivity contribution in [2.75, 3.05) is 0 Å². The van der Waals surface area contributed by atoms with E-state index in [1.54, 1.807) is 12.1 Å². The molecule has 0 unspecified atom stereocenters. The summed E-state index contributed by atoms with van der Waals surface area (Å²) >= 11 is 0. The van der Waals surface area contributed by atoms with E-state index in [2.05, 4.69) is 0 Å². The standard InChI is InChI=1S/C17H15N3O6/c1-8(21)20-17(25)14-12(7-6-10(22)13(14)16(19)24)26-11-5-3-2-4-9(11)15(18)23/h2-7,22H,1H3,(H2,18,23)(H2,19,24)(H,20,21,25). The Bertz CT molecular complexity index is 923. The van der Waals surface area contributed by atoms with Crippen LogP contribution in [0, 0.1) is 0 Å². The van der Waals surface area contributed by atoms with E-state index in [1.165, 1.54) is 18.2 Å². The van der Waals surface area contributed by atoms with Crippen molar-refractivity contribution >= 4 is 23.6 Å². The molecule has 9 nitrogen and oxygen atoms in total. The van der Waals surface area contributed by atoms with Gasteiger partial charge in [-0.25, -0.2) is 0 Å². The van der Waals surface area contributed by atoms with Crippen LogP contribution in [0.3, 0.4) is 0 Å². The van der Waals surface area contributed by atoms with Gasteiger partial charge in [-0.05, 0) is 24.3 Å². The van der Waals surface area contributed by atoms with Gasteiger partial charge in [0.1, 0.15) is 17.2 Å². The summed E-state index contributed by atoms with van der Waals surface area (Å²) in [7, 11) is 0. The van der Waals surface area contributed by atoms with Crippen LogP contribution in [0.4, 0.5) is 0 Å². The average Bonchev–Trinajstić information content (AvgIpc) is 2.55. The molecule has 6 N–H and O–H groups in total. The number of rotatable bonds is 5. The second-order valence-electron chi connectivity index (χ2n) is 5.17. The molecule has 0 heterocycles. The molecule has 2 aromatic carbocycles. The second kappa shape index (κ2) is 7.34. The molecule has 0 fully saturated rings. The van der Waals surface area contributed by atoms with Crippen LogP contribution in [0.2, 0.25) is 0 Å². The highest BCUT2D eigenvalue weighted by Gasteiger charge is 2.26. The van der Waals surface area contributed by atoms with Crippen LogP contribution in [0.15, 0.2) is 36.4 Å². The van der Waals surface area contributed by atoms with Crippen LogP contribution in [-0.2, 0) is 4.79 Å². The molecule has 134 valence electrons. The summed E-state index contributed by atoms with van der Waals surface area (Å²) in [6.45, 7) is 1.09. The maximum atomic E-state index is 12.3. The van der Waals surface area contributed by atoms with Gasteiger partial charge in [0.2, 0.25) is 5.91 Å². The maximum Gasteiger partial charge on any atom is 0.262 e. The number of carbonyl (C=O) groups excluding carboxylic acids is 4. The Morgan fingerprint density at radius 3 is 2.15 bits per heavy atom. The van der Waals surface area contributed by atoms with Gasteiger partial charge in [-0.1, -0.05) is 12.1 Å². The van der Waals surface area contributed by atoms with E-state index in [4.69, 9.17) is 16.2 Å². The summed E-state index contributed by atoms with van der Waals surface area (Å²) in [5, 5.41) is 11.9. The highest BCUT2D eigenvalue weighted by molar-refractivity contribution is 6.13. The summed E-state index contributed by atoms with van der Waals surface area (Å²) < 4.78 is 5.56. The van der Waals surface area contributed by atoms with Gasteiger partial charge in [-0.3, -0.25) is 24.5 Å². The maximum absolute atomic E-state index is 12.3. The van der Waals surface area contributed by atoms with Crippen LogP contribution >= 0.6 is 0 Å². The first-order chi connectivity index (χ1) is 12.2. The van der Waals surface area contributed by atoms with Crippen molar-refractivity contribution in [2.45, 2.75) is 6.92 Å². The SMILES string of the molecule is CC(=O)NC(=O)c1c(Oc2ccccc2C(N)=O)ccc(O)c1C(N)=O. The number of hydrogen-bond acceptors (Lipinski definition) is 6. The van der Waals surface area contributed by atoms with Crippen molar-refractivity contribution in [1.82, 2.24) is 5.32 Å². The molecule has 2 rings (SSSR count). The van der Waals surface area contributed by atoms with Crippen molar-refractivity contribution < 1.29 is 29.0 Å². The van der Waals surface area contributed by atoms with E-state index in [0.717, 1.165) is 13.0 Å². The minimum absolute atomic E-state index is 0.0120. The molecule has 0 saturated heterocycles. The summed E-state index contributed by atoms with van der Waals surface area (Å²) in [5.41, 5.74) is 9.55. The number of imide groups is 1. The molecule has 0 radical (unpaired) electrons. The fourth-order valence-electron chi connectivity index (χ4n) is 2.23. The smallest absolute Gasteiger partial charge is 0.262 e. The van der Waals surface area contributed by atoms with Crippen molar-refractivity contribution in [3.8, 4) is 17.2 Å².